The second kappa shape index (κ2) is 3.97. The molecule has 0 aliphatic carbocycles. The molecule has 0 aliphatic heterocycles. The van der Waals surface area contributed by atoms with E-state index in [1.54, 1.807) is 6.07 Å². The van der Waals surface area contributed by atoms with Gasteiger partial charge in [-0.1, -0.05) is 0 Å². The fourth-order valence-electron chi connectivity index (χ4n) is 0.371. The van der Waals surface area contributed by atoms with Gasteiger partial charge in [0.25, 0.3) is 0 Å². The van der Waals surface area contributed by atoms with Crippen LogP contribution in [0.25, 0.3) is 0 Å². The number of halogens is 1. The summed E-state index contributed by atoms with van der Waals surface area (Å²) in [5.41, 5.74) is 0.417. The Morgan fingerprint density at radius 1 is 1.56 bits per heavy atom. The van der Waals surface area contributed by atoms with Crippen LogP contribution in [-0.4, -0.2) is 16.3 Å². The molecule has 1 rings (SSSR count). The summed E-state index contributed by atoms with van der Waals surface area (Å²) in [6.07, 6.45) is 3.54. The van der Waals surface area contributed by atoms with Crippen molar-refractivity contribution in [1.82, 2.24) is 9.97 Å². The lowest BCUT2D eigenvalue weighted by atomic mass is 10.5. The molecule has 0 bridgehead atoms. The molecule has 0 radical (unpaired) electrons. The molecule has 0 unspecified atom stereocenters. The zero-order valence-electron chi connectivity index (χ0n) is 4.52. The smallest absolute Gasteiger partial charge is 0.168 e. The largest absolute Gasteiger partial charge is 0.296 e. The number of carbonyl (C=O) groups is 1. The summed E-state index contributed by atoms with van der Waals surface area (Å²) in [7, 11) is 0. The Balaban J connectivity index is 0.000000640. The molecule has 9 heavy (non-hydrogen) atoms. The molecule has 0 aliphatic rings. The van der Waals surface area contributed by atoms with Crippen LogP contribution in [0.5, 0.6) is 0 Å². The molecule has 0 atom stereocenters. The lowest BCUT2D eigenvalue weighted by molar-refractivity contribution is 0.111. The van der Waals surface area contributed by atoms with Crippen LogP contribution in [0.4, 0.5) is 0 Å². The van der Waals surface area contributed by atoms with Crippen LogP contribution in [0.15, 0.2) is 18.6 Å². The summed E-state index contributed by atoms with van der Waals surface area (Å²) in [5, 5.41) is 0. The second-order valence-corrected chi connectivity index (χ2v) is 1.25. The first-order valence-electron chi connectivity index (χ1n) is 2.14. The Kier molecular flexibility index (Phi) is 3.55. The molecule has 1 aromatic rings. The summed E-state index contributed by atoms with van der Waals surface area (Å²) in [5.74, 6) is 0. The molecule has 0 spiro atoms. The first-order valence-corrected chi connectivity index (χ1v) is 2.14. The van der Waals surface area contributed by atoms with Crippen LogP contribution in [0.1, 0.15) is 10.5 Å². The van der Waals surface area contributed by atoms with Crippen molar-refractivity contribution in [2.24, 2.45) is 0 Å². The molecule has 0 fully saturated rings. The SMILES string of the molecule is Cl.O=Cc1ccncn1. The van der Waals surface area contributed by atoms with Crippen LogP contribution in [0, 0.1) is 0 Å². The summed E-state index contributed by atoms with van der Waals surface area (Å²) in [6.45, 7) is 0. The van der Waals surface area contributed by atoms with Crippen LogP contribution in [-0.2, 0) is 0 Å². The zero-order chi connectivity index (χ0) is 5.82. The standard InChI is InChI=1S/C5H4N2O.ClH/c8-3-5-1-2-6-4-7-5;/h1-4H;1H. The Bertz CT molecular complexity index is 178. The molecule has 1 aromatic heterocycles. The molecule has 0 saturated heterocycles. The maximum Gasteiger partial charge on any atom is 0.168 e. The molecule has 48 valence electrons. The fourth-order valence-corrected chi connectivity index (χ4v) is 0.371. The highest BCUT2D eigenvalue weighted by Crippen LogP contribution is 1.81. The predicted octanol–water partition coefficient (Wildman–Crippen LogP) is 0.711. The molecule has 1 heterocycles. The van der Waals surface area contributed by atoms with Gasteiger partial charge in [-0.2, -0.15) is 0 Å². The molecule has 0 aromatic carbocycles. The van der Waals surface area contributed by atoms with E-state index < -0.39 is 0 Å². The Morgan fingerprint density at radius 3 is 2.67 bits per heavy atom. The van der Waals surface area contributed by atoms with Gasteiger partial charge in [0.05, 0.1) is 0 Å². The van der Waals surface area contributed by atoms with E-state index in [4.69, 9.17) is 0 Å². The number of aromatic nitrogens is 2. The highest BCUT2D eigenvalue weighted by molar-refractivity contribution is 5.85. The van der Waals surface area contributed by atoms with Crippen molar-refractivity contribution in [2.45, 2.75) is 0 Å². The van der Waals surface area contributed by atoms with Crippen molar-refractivity contribution in [2.75, 3.05) is 0 Å². The minimum Gasteiger partial charge on any atom is -0.296 e. The van der Waals surface area contributed by atoms with Gasteiger partial charge in [-0.15, -0.1) is 12.4 Å². The third-order valence-corrected chi connectivity index (χ3v) is 0.726. The van der Waals surface area contributed by atoms with Gasteiger partial charge >= 0.3 is 0 Å². The number of hydrogen-bond donors (Lipinski definition) is 0. The van der Waals surface area contributed by atoms with Crippen LogP contribution >= 0.6 is 12.4 Å². The average Bonchev–Trinajstić information content (AvgIpc) is 1.90. The molecular weight excluding hydrogens is 140 g/mol. The summed E-state index contributed by atoms with van der Waals surface area (Å²) < 4.78 is 0. The first kappa shape index (κ1) is 8.04. The van der Waals surface area contributed by atoms with Crippen LogP contribution < -0.4 is 0 Å². The minimum absolute atomic E-state index is 0. The summed E-state index contributed by atoms with van der Waals surface area (Å²) in [6, 6.07) is 1.55. The molecule has 3 nitrogen and oxygen atoms in total. The third-order valence-electron chi connectivity index (χ3n) is 0.726. The normalized spacial score (nSPS) is 7.56. The molecule has 0 saturated carbocycles. The lowest BCUT2D eigenvalue weighted by Gasteiger charge is -1.80. The van der Waals surface area contributed by atoms with E-state index in [1.165, 1.54) is 12.5 Å². The van der Waals surface area contributed by atoms with Gasteiger partial charge in [-0.25, -0.2) is 9.97 Å². The van der Waals surface area contributed by atoms with Gasteiger partial charge in [0.2, 0.25) is 0 Å². The predicted molar refractivity (Wildman–Crippen MR) is 34.7 cm³/mol. The number of nitrogens with zero attached hydrogens (tertiary/aromatic N) is 2. The van der Waals surface area contributed by atoms with Crippen molar-refractivity contribution >= 4 is 18.7 Å². The molecule has 0 amide bonds. The average molecular weight is 145 g/mol. The third kappa shape index (κ3) is 2.19. The van der Waals surface area contributed by atoms with E-state index in [0.717, 1.165) is 0 Å². The van der Waals surface area contributed by atoms with Gasteiger partial charge in [0.1, 0.15) is 12.0 Å². The highest BCUT2D eigenvalue weighted by atomic mass is 35.5. The first-order chi connectivity index (χ1) is 3.93. The Hall–Kier alpha value is -0.960. The molecule has 4 heteroatoms. The molecule has 0 N–H and O–H groups in total. The number of rotatable bonds is 1. The van der Waals surface area contributed by atoms with Crippen LogP contribution in [0.3, 0.4) is 0 Å². The van der Waals surface area contributed by atoms with E-state index in [9.17, 15) is 4.79 Å². The van der Waals surface area contributed by atoms with Crippen LogP contribution in [0.2, 0.25) is 0 Å². The summed E-state index contributed by atoms with van der Waals surface area (Å²) in [4.78, 5) is 17.2. The van der Waals surface area contributed by atoms with Gasteiger partial charge in [0.15, 0.2) is 6.29 Å². The maximum absolute atomic E-state index is 9.92. The Labute approximate surface area is 58.6 Å². The Morgan fingerprint density at radius 2 is 2.33 bits per heavy atom. The summed E-state index contributed by atoms with van der Waals surface area (Å²) >= 11 is 0. The fraction of sp³-hybridized carbons (Fsp3) is 0. The number of carbonyl (C=O) groups excluding carboxylic acids is 1. The van der Waals surface area contributed by atoms with Gasteiger partial charge in [0, 0.05) is 6.20 Å². The van der Waals surface area contributed by atoms with Crippen molar-refractivity contribution < 1.29 is 4.79 Å². The van der Waals surface area contributed by atoms with E-state index in [1.807, 2.05) is 0 Å². The second-order valence-electron chi connectivity index (χ2n) is 1.25. The van der Waals surface area contributed by atoms with E-state index in [-0.39, 0.29) is 12.4 Å². The number of aldehydes is 1. The minimum atomic E-state index is 0. The highest BCUT2D eigenvalue weighted by Gasteiger charge is 1.82. The van der Waals surface area contributed by atoms with E-state index in [0.29, 0.717) is 12.0 Å². The zero-order valence-corrected chi connectivity index (χ0v) is 5.34. The van der Waals surface area contributed by atoms with Gasteiger partial charge < -0.3 is 0 Å². The quantitative estimate of drug-likeness (QED) is 0.546. The molecular formula is C5H5ClN2O. The van der Waals surface area contributed by atoms with E-state index >= 15 is 0 Å². The van der Waals surface area contributed by atoms with Gasteiger partial charge in [-0.3, -0.25) is 4.79 Å². The van der Waals surface area contributed by atoms with Crippen molar-refractivity contribution in [1.29, 1.82) is 0 Å². The lowest BCUT2D eigenvalue weighted by Crippen LogP contribution is -1.83. The van der Waals surface area contributed by atoms with Gasteiger partial charge in [-0.05, 0) is 6.07 Å². The topological polar surface area (TPSA) is 42.9 Å². The van der Waals surface area contributed by atoms with E-state index in [2.05, 4.69) is 9.97 Å². The maximum atomic E-state index is 9.92. The van der Waals surface area contributed by atoms with Crippen molar-refractivity contribution in [3.63, 3.8) is 0 Å². The monoisotopic (exact) mass is 144 g/mol. The number of hydrogen-bond acceptors (Lipinski definition) is 3. The van der Waals surface area contributed by atoms with Crippen molar-refractivity contribution in [3.8, 4) is 0 Å². The van der Waals surface area contributed by atoms with Crippen molar-refractivity contribution in [3.05, 3.63) is 24.3 Å².